The van der Waals surface area contributed by atoms with Gasteiger partial charge in [0.2, 0.25) is 0 Å². The highest BCUT2D eigenvalue weighted by Gasteiger charge is 2.10. The second kappa shape index (κ2) is 6.20. The summed E-state index contributed by atoms with van der Waals surface area (Å²) in [6, 6.07) is 5.40. The van der Waals surface area contributed by atoms with E-state index in [1.807, 2.05) is 19.1 Å². The third kappa shape index (κ3) is 3.75. The van der Waals surface area contributed by atoms with Gasteiger partial charge in [-0.15, -0.1) is 0 Å². The summed E-state index contributed by atoms with van der Waals surface area (Å²) in [5.41, 5.74) is 6.67. The minimum atomic E-state index is -0.875. The summed E-state index contributed by atoms with van der Waals surface area (Å²) in [5, 5.41) is 17.9. The van der Waals surface area contributed by atoms with E-state index >= 15 is 0 Å². The van der Waals surface area contributed by atoms with Crippen LogP contribution in [0.15, 0.2) is 22.7 Å². The first-order valence-corrected chi connectivity index (χ1v) is 5.80. The minimum Gasteiger partial charge on any atom is -0.490 e. The second-order valence-corrected chi connectivity index (χ2v) is 4.53. The first kappa shape index (κ1) is 13.4. The van der Waals surface area contributed by atoms with Crippen molar-refractivity contribution in [3.05, 3.63) is 28.2 Å². The molecule has 4 N–H and O–H groups in total. The van der Waals surface area contributed by atoms with Crippen molar-refractivity contribution in [1.82, 2.24) is 0 Å². The van der Waals surface area contributed by atoms with Gasteiger partial charge in [-0.2, -0.15) is 0 Å². The van der Waals surface area contributed by atoms with Crippen LogP contribution >= 0.6 is 15.9 Å². The molecule has 0 aromatic heterocycles. The second-order valence-electron chi connectivity index (χ2n) is 3.62. The average molecular weight is 290 g/mol. The average Bonchev–Trinajstić information content (AvgIpc) is 2.25. The Morgan fingerprint density at radius 1 is 1.50 bits per heavy atom. The number of aliphatic hydroxyl groups excluding tert-OH is 2. The fraction of sp³-hybridized carbons (Fsp3) is 0.455. The molecular formula is C11H16BrNO3. The van der Waals surface area contributed by atoms with Gasteiger partial charge in [0, 0.05) is 16.1 Å². The number of nitrogens with two attached hydrogens (primary N) is 1. The molecule has 0 aliphatic rings. The lowest BCUT2D eigenvalue weighted by molar-refractivity contribution is 0.0532. The lowest BCUT2D eigenvalue weighted by Crippen LogP contribution is -2.22. The highest BCUT2D eigenvalue weighted by Crippen LogP contribution is 2.27. The zero-order chi connectivity index (χ0) is 12.1. The van der Waals surface area contributed by atoms with E-state index in [0.717, 1.165) is 10.0 Å². The molecular weight excluding hydrogens is 274 g/mol. The Labute approximate surface area is 103 Å². The smallest absolute Gasteiger partial charge is 0.125 e. The third-order valence-corrected chi connectivity index (χ3v) is 2.60. The zero-order valence-electron chi connectivity index (χ0n) is 9.06. The molecule has 16 heavy (non-hydrogen) atoms. The van der Waals surface area contributed by atoms with E-state index in [0.29, 0.717) is 5.75 Å². The molecule has 1 unspecified atom stereocenters. The molecule has 0 fully saturated rings. The maximum absolute atomic E-state index is 9.20. The molecule has 0 aliphatic heterocycles. The summed E-state index contributed by atoms with van der Waals surface area (Å²) in [7, 11) is 0. The predicted molar refractivity (Wildman–Crippen MR) is 65.3 cm³/mol. The van der Waals surface area contributed by atoms with Gasteiger partial charge in [0.1, 0.15) is 18.5 Å². The Balaban J connectivity index is 2.80. The molecule has 0 saturated carbocycles. The molecule has 4 nitrogen and oxygen atoms in total. The zero-order valence-corrected chi connectivity index (χ0v) is 10.6. The normalized spacial score (nSPS) is 14.6. The van der Waals surface area contributed by atoms with E-state index in [1.165, 1.54) is 0 Å². The lowest BCUT2D eigenvalue weighted by atomic mass is 10.1. The highest BCUT2D eigenvalue weighted by molar-refractivity contribution is 9.10. The standard InChI is InChI=1S/C11H16BrNO3/c1-7(13)10-3-2-8(12)4-11(10)16-6-9(15)5-14/h2-4,7,9,14-15H,5-6,13H2,1H3/t7-,9?/m1/s1. The largest absolute Gasteiger partial charge is 0.490 e. The molecule has 0 amide bonds. The minimum absolute atomic E-state index is 0.0483. The van der Waals surface area contributed by atoms with Crippen LogP contribution in [0.1, 0.15) is 18.5 Å². The summed E-state index contributed by atoms with van der Waals surface area (Å²) in [6.07, 6.45) is -0.875. The summed E-state index contributed by atoms with van der Waals surface area (Å²) < 4.78 is 6.29. The molecule has 0 spiro atoms. The van der Waals surface area contributed by atoms with Gasteiger partial charge in [-0.05, 0) is 19.1 Å². The molecule has 90 valence electrons. The molecule has 0 heterocycles. The maximum Gasteiger partial charge on any atom is 0.125 e. The monoisotopic (exact) mass is 289 g/mol. The number of hydrogen-bond donors (Lipinski definition) is 3. The van der Waals surface area contributed by atoms with Gasteiger partial charge < -0.3 is 20.7 Å². The molecule has 0 bridgehead atoms. The number of hydrogen-bond acceptors (Lipinski definition) is 4. The first-order chi connectivity index (χ1) is 7.54. The van der Waals surface area contributed by atoms with E-state index in [1.54, 1.807) is 6.07 Å². The Kier molecular flexibility index (Phi) is 5.21. The van der Waals surface area contributed by atoms with Crippen LogP contribution in [0.3, 0.4) is 0 Å². The SMILES string of the molecule is C[C@@H](N)c1ccc(Br)cc1OCC(O)CO. The van der Waals surface area contributed by atoms with Crippen LogP contribution in [0.4, 0.5) is 0 Å². The number of benzene rings is 1. The van der Waals surface area contributed by atoms with Crippen molar-refractivity contribution < 1.29 is 14.9 Å². The van der Waals surface area contributed by atoms with E-state index < -0.39 is 6.10 Å². The van der Waals surface area contributed by atoms with Gasteiger partial charge in [0.25, 0.3) is 0 Å². The van der Waals surface area contributed by atoms with E-state index in [-0.39, 0.29) is 19.3 Å². The van der Waals surface area contributed by atoms with E-state index in [4.69, 9.17) is 15.6 Å². The number of halogens is 1. The quantitative estimate of drug-likeness (QED) is 0.761. The van der Waals surface area contributed by atoms with Crippen molar-refractivity contribution in [2.24, 2.45) is 5.73 Å². The van der Waals surface area contributed by atoms with Crippen LogP contribution in [0.25, 0.3) is 0 Å². The van der Waals surface area contributed by atoms with Crippen molar-refractivity contribution in [3.8, 4) is 5.75 Å². The summed E-state index contributed by atoms with van der Waals surface area (Å²) in [4.78, 5) is 0. The predicted octanol–water partition coefficient (Wildman–Crippen LogP) is 1.20. The molecule has 0 saturated heterocycles. The molecule has 1 rings (SSSR count). The Bertz CT molecular complexity index is 344. The molecule has 2 atom stereocenters. The van der Waals surface area contributed by atoms with Crippen LogP contribution < -0.4 is 10.5 Å². The van der Waals surface area contributed by atoms with Crippen molar-refractivity contribution >= 4 is 15.9 Å². The molecule has 0 radical (unpaired) electrons. The lowest BCUT2D eigenvalue weighted by Gasteiger charge is -2.16. The van der Waals surface area contributed by atoms with Gasteiger partial charge in [-0.25, -0.2) is 0 Å². The molecule has 1 aromatic rings. The Morgan fingerprint density at radius 2 is 2.19 bits per heavy atom. The van der Waals surface area contributed by atoms with Crippen LogP contribution in [-0.4, -0.2) is 29.5 Å². The van der Waals surface area contributed by atoms with Crippen LogP contribution in [0, 0.1) is 0 Å². The van der Waals surface area contributed by atoms with Crippen molar-refractivity contribution in [2.75, 3.05) is 13.2 Å². The van der Waals surface area contributed by atoms with E-state index in [2.05, 4.69) is 15.9 Å². The highest BCUT2D eigenvalue weighted by atomic mass is 79.9. The van der Waals surface area contributed by atoms with Gasteiger partial charge in [-0.3, -0.25) is 0 Å². The fourth-order valence-corrected chi connectivity index (χ4v) is 1.59. The molecule has 5 heteroatoms. The van der Waals surface area contributed by atoms with Gasteiger partial charge in [-0.1, -0.05) is 22.0 Å². The van der Waals surface area contributed by atoms with Crippen molar-refractivity contribution in [1.29, 1.82) is 0 Å². The number of rotatable bonds is 5. The molecule has 1 aromatic carbocycles. The van der Waals surface area contributed by atoms with Gasteiger partial charge in [0.15, 0.2) is 0 Å². The third-order valence-electron chi connectivity index (χ3n) is 2.11. The summed E-state index contributed by atoms with van der Waals surface area (Å²) in [6.45, 7) is 1.59. The van der Waals surface area contributed by atoms with E-state index in [9.17, 15) is 5.11 Å². The van der Waals surface area contributed by atoms with Crippen LogP contribution in [0.5, 0.6) is 5.75 Å². The molecule has 0 aliphatic carbocycles. The van der Waals surface area contributed by atoms with Gasteiger partial charge >= 0.3 is 0 Å². The van der Waals surface area contributed by atoms with Crippen LogP contribution in [0.2, 0.25) is 0 Å². The first-order valence-electron chi connectivity index (χ1n) is 5.01. The topological polar surface area (TPSA) is 75.7 Å². The number of aliphatic hydroxyl groups is 2. The van der Waals surface area contributed by atoms with Gasteiger partial charge in [0.05, 0.1) is 6.61 Å². The van der Waals surface area contributed by atoms with Crippen molar-refractivity contribution in [2.45, 2.75) is 19.1 Å². The van der Waals surface area contributed by atoms with Crippen LogP contribution in [-0.2, 0) is 0 Å². The summed E-state index contributed by atoms with van der Waals surface area (Å²) in [5.74, 6) is 0.622. The Hall–Kier alpha value is -0.620. The summed E-state index contributed by atoms with van der Waals surface area (Å²) >= 11 is 3.34. The Morgan fingerprint density at radius 3 is 2.75 bits per heavy atom. The number of ether oxygens (including phenoxy) is 1. The maximum atomic E-state index is 9.20. The van der Waals surface area contributed by atoms with Crippen molar-refractivity contribution in [3.63, 3.8) is 0 Å². The fourth-order valence-electron chi connectivity index (χ4n) is 1.25.